The third kappa shape index (κ3) is 4.20. The van der Waals surface area contributed by atoms with Crippen LogP contribution in [0.15, 0.2) is 41.3 Å². The molecule has 6 nitrogen and oxygen atoms in total. The van der Waals surface area contributed by atoms with Crippen LogP contribution in [0.4, 0.5) is 0 Å². The van der Waals surface area contributed by atoms with E-state index in [1.807, 2.05) is 44.4 Å². The Morgan fingerprint density at radius 1 is 1.15 bits per heavy atom. The third-order valence-corrected chi connectivity index (χ3v) is 4.61. The van der Waals surface area contributed by atoms with Crippen LogP contribution in [0.5, 0.6) is 0 Å². The monoisotopic (exact) mass is 353 g/mol. The van der Waals surface area contributed by atoms with Gasteiger partial charge >= 0.3 is 0 Å². The second kappa shape index (κ2) is 7.85. The number of H-pyrrole nitrogens is 1. The summed E-state index contributed by atoms with van der Waals surface area (Å²) in [4.78, 5) is 24.8. The van der Waals surface area contributed by atoms with Gasteiger partial charge in [-0.3, -0.25) is 9.69 Å². The van der Waals surface area contributed by atoms with Gasteiger partial charge in [0.1, 0.15) is 5.82 Å². The molecular formula is C20H27N5O. The number of imidazole rings is 1. The normalized spacial score (nSPS) is 11.8. The highest BCUT2D eigenvalue weighted by Crippen LogP contribution is 2.14. The fourth-order valence-corrected chi connectivity index (χ4v) is 3.19. The lowest BCUT2D eigenvalue weighted by Crippen LogP contribution is -2.34. The summed E-state index contributed by atoms with van der Waals surface area (Å²) in [6.45, 7) is 5.11. The Morgan fingerprint density at radius 2 is 1.92 bits per heavy atom. The van der Waals surface area contributed by atoms with Gasteiger partial charge in [-0.1, -0.05) is 18.2 Å². The average Bonchev–Trinajstić information content (AvgIpc) is 3.02. The molecule has 2 heterocycles. The number of aryl methyl sites for hydroxylation is 2. The summed E-state index contributed by atoms with van der Waals surface area (Å²) in [5.41, 5.74) is 2.92. The van der Waals surface area contributed by atoms with Crippen LogP contribution in [0.1, 0.15) is 17.1 Å². The molecule has 6 heteroatoms. The summed E-state index contributed by atoms with van der Waals surface area (Å²) in [7, 11) is 5.97. The van der Waals surface area contributed by atoms with E-state index in [1.165, 1.54) is 0 Å². The molecule has 0 amide bonds. The first kappa shape index (κ1) is 18.4. The molecule has 0 atom stereocenters. The number of hydrogen-bond donors (Lipinski definition) is 1. The van der Waals surface area contributed by atoms with E-state index in [0.29, 0.717) is 6.54 Å². The van der Waals surface area contributed by atoms with Gasteiger partial charge < -0.3 is 14.5 Å². The van der Waals surface area contributed by atoms with Gasteiger partial charge in [0.25, 0.3) is 5.56 Å². The Balaban J connectivity index is 1.88. The zero-order chi connectivity index (χ0) is 18.7. The maximum atomic E-state index is 12.8. The summed E-state index contributed by atoms with van der Waals surface area (Å²) in [5.74, 6) is 0.911. The maximum Gasteiger partial charge on any atom is 0.255 e. The minimum Gasteiger partial charge on any atom is -0.345 e. The molecule has 0 aliphatic heterocycles. The van der Waals surface area contributed by atoms with Crippen molar-refractivity contribution in [3.05, 3.63) is 64.0 Å². The quantitative estimate of drug-likeness (QED) is 0.707. The lowest BCUT2D eigenvalue weighted by Gasteiger charge is -2.24. The van der Waals surface area contributed by atoms with Crippen molar-refractivity contribution in [3.8, 4) is 0 Å². The predicted octanol–water partition coefficient (Wildman–Crippen LogP) is 2.13. The molecule has 1 N–H and O–H groups in total. The van der Waals surface area contributed by atoms with Crippen LogP contribution < -0.4 is 5.56 Å². The number of fused-ring (bicyclic) bond motifs is 1. The number of likely N-dealkylation sites (N-methyl/N-ethyl adjacent to an activating group) is 1. The Kier molecular flexibility index (Phi) is 5.54. The van der Waals surface area contributed by atoms with Crippen molar-refractivity contribution < 1.29 is 0 Å². The lowest BCUT2D eigenvalue weighted by molar-refractivity contribution is 0.223. The van der Waals surface area contributed by atoms with Crippen molar-refractivity contribution in [2.24, 2.45) is 7.05 Å². The van der Waals surface area contributed by atoms with Gasteiger partial charge in [-0.15, -0.1) is 0 Å². The van der Waals surface area contributed by atoms with Gasteiger partial charge in [0.2, 0.25) is 0 Å². The van der Waals surface area contributed by atoms with Crippen LogP contribution in [0.2, 0.25) is 0 Å². The number of aromatic amines is 1. The van der Waals surface area contributed by atoms with Crippen molar-refractivity contribution in [1.82, 2.24) is 24.3 Å². The number of nitrogens with one attached hydrogen (secondary N) is 1. The molecule has 3 aromatic rings. The van der Waals surface area contributed by atoms with Crippen LogP contribution in [-0.2, 0) is 20.1 Å². The summed E-state index contributed by atoms with van der Waals surface area (Å²) in [6.07, 6.45) is 1.87. The summed E-state index contributed by atoms with van der Waals surface area (Å²) >= 11 is 0. The molecular weight excluding hydrogens is 326 g/mol. The van der Waals surface area contributed by atoms with E-state index in [0.717, 1.165) is 47.6 Å². The first-order valence-electron chi connectivity index (χ1n) is 8.89. The standard InChI is InChI=1S/C20H27N5O/c1-15-21-12-18(22-15)14-25(10-9-23(2)3)13-17-11-16-7-5-6-8-19(16)24(4)20(17)26/h5-8,11-12H,9-10,13-14H2,1-4H3,(H,21,22). The molecule has 0 aliphatic carbocycles. The zero-order valence-corrected chi connectivity index (χ0v) is 16.0. The first-order valence-corrected chi connectivity index (χ1v) is 8.89. The highest BCUT2D eigenvalue weighted by atomic mass is 16.1. The molecule has 26 heavy (non-hydrogen) atoms. The summed E-state index contributed by atoms with van der Waals surface area (Å²) in [5, 5.41) is 1.09. The van der Waals surface area contributed by atoms with Crippen LogP contribution in [0.25, 0.3) is 10.9 Å². The van der Waals surface area contributed by atoms with Gasteiger partial charge in [-0.25, -0.2) is 4.98 Å². The van der Waals surface area contributed by atoms with Crippen molar-refractivity contribution >= 4 is 10.9 Å². The van der Waals surface area contributed by atoms with E-state index in [4.69, 9.17) is 0 Å². The Labute approximate surface area is 154 Å². The SMILES string of the molecule is Cc1ncc(CN(CCN(C)C)Cc2cc3ccccc3n(C)c2=O)[nH]1. The number of rotatable bonds is 7. The smallest absolute Gasteiger partial charge is 0.255 e. The van der Waals surface area contributed by atoms with E-state index in [1.54, 1.807) is 4.57 Å². The van der Waals surface area contributed by atoms with Crippen molar-refractivity contribution in [3.63, 3.8) is 0 Å². The molecule has 0 saturated carbocycles. The molecule has 0 fully saturated rings. The average molecular weight is 353 g/mol. The van der Waals surface area contributed by atoms with E-state index < -0.39 is 0 Å². The van der Waals surface area contributed by atoms with Crippen LogP contribution in [-0.4, -0.2) is 51.5 Å². The van der Waals surface area contributed by atoms with Crippen LogP contribution >= 0.6 is 0 Å². The minimum absolute atomic E-state index is 0.0688. The summed E-state index contributed by atoms with van der Waals surface area (Å²) in [6, 6.07) is 10.0. The summed E-state index contributed by atoms with van der Waals surface area (Å²) < 4.78 is 1.75. The Morgan fingerprint density at radius 3 is 2.62 bits per heavy atom. The van der Waals surface area contributed by atoms with Crippen molar-refractivity contribution in [2.45, 2.75) is 20.0 Å². The fourth-order valence-electron chi connectivity index (χ4n) is 3.19. The molecule has 1 aromatic carbocycles. The number of aromatic nitrogens is 3. The van der Waals surface area contributed by atoms with Gasteiger partial charge in [-0.05, 0) is 38.5 Å². The van der Waals surface area contributed by atoms with Crippen molar-refractivity contribution in [1.29, 1.82) is 0 Å². The lowest BCUT2D eigenvalue weighted by atomic mass is 10.1. The van der Waals surface area contributed by atoms with Gasteiger partial charge in [-0.2, -0.15) is 0 Å². The molecule has 0 radical (unpaired) electrons. The minimum atomic E-state index is 0.0688. The number of para-hydroxylation sites is 1. The Hall–Kier alpha value is -2.44. The van der Waals surface area contributed by atoms with E-state index in [2.05, 4.69) is 39.9 Å². The molecule has 3 rings (SSSR count). The second-order valence-corrected chi connectivity index (χ2v) is 7.10. The molecule has 0 saturated heterocycles. The molecule has 0 spiro atoms. The van der Waals surface area contributed by atoms with Crippen LogP contribution in [0, 0.1) is 6.92 Å². The number of hydrogen-bond acceptors (Lipinski definition) is 4. The first-order chi connectivity index (χ1) is 12.4. The topological polar surface area (TPSA) is 57.2 Å². The number of nitrogens with zero attached hydrogens (tertiary/aromatic N) is 4. The number of benzene rings is 1. The van der Waals surface area contributed by atoms with Crippen LogP contribution in [0.3, 0.4) is 0 Å². The van der Waals surface area contributed by atoms with E-state index in [-0.39, 0.29) is 5.56 Å². The second-order valence-electron chi connectivity index (χ2n) is 7.10. The number of pyridine rings is 1. The van der Waals surface area contributed by atoms with E-state index in [9.17, 15) is 4.79 Å². The van der Waals surface area contributed by atoms with Gasteiger partial charge in [0.05, 0.1) is 5.52 Å². The fraction of sp³-hybridized carbons (Fsp3) is 0.400. The molecule has 138 valence electrons. The zero-order valence-electron chi connectivity index (χ0n) is 16.0. The molecule has 0 bridgehead atoms. The predicted molar refractivity (Wildman–Crippen MR) is 105 cm³/mol. The largest absolute Gasteiger partial charge is 0.345 e. The van der Waals surface area contributed by atoms with E-state index >= 15 is 0 Å². The van der Waals surface area contributed by atoms with Gasteiger partial charge in [0.15, 0.2) is 0 Å². The molecule has 0 aliphatic rings. The van der Waals surface area contributed by atoms with Crippen molar-refractivity contribution in [2.75, 3.05) is 27.2 Å². The Bertz CT molecular complexity index is 941. The highest BCUT2D eigenvalue weighted by molar-refractivity contribution is 5.79. The molecule has 0 unspecified atom stereocenters. The highest BCUT2D eigenvalue weighted by Gasteiger charge is 2.13. The maximum absolute atomic E-state index is 12.8. The van der Waals surface area contributed by atoms with Gasteiger partial charge in [0, 0.05) is 50.7 Å². The molecule has 2 aromatic heterocycles. The third-order valence-electron chi connectivity index (χ3n) is 4.61.